The molecule has 1 amide bonds. The zero-order valence-electron chi connectivity index (χ0n) is 17.4. The molecule has 32 heavy (non-hydrogen) atoms. The number of carbonyl (C=O) groups excluding carboxylic acids is 1. The molecule has 7 heteroatoms. The predicted octanol–water partition coefficient (Wildman–Crippen LogP) is 4.21. The molecule has 1 N–H and O–H groups in total. The number of ether oxygens (including phenoxy) is 3. The Kier molecular flexibility index (Phi) is 5.21. The van der Waals surface area contributed by atoms with Crippen LogP contribution in [-0.2, 0) is 6.54 Å². The van der Waals surface area contributed by atoms with Crippen LogP contribution < -0.4 is 19.5 Å². The predicted molar refractivity (Wildman–Crippen MR) is 119 cm³/mol. The van der Waals surface area contributed by atoms with E-state index in [0.717, 1.165) is 28.3 Å². The van der Waals surface area contributed by atoms with Gasteiger partial charge < -0.3 is 19.5 Å². The number of hydrogen-bond donors (Lipinski definition) is 1. The first-order valence-corrected chi connectivity index (χ1v) is 10.2. The van der Waals surface area contributed by atoms with E-state index < -0.39 is 0 Å². The van der Waals surface area contributed by atoms with Crippen molar-refractivity contribution in [2.75, 3.05) is 13.9 Å². The number of benzene rings is 3. The SMILES string of the molecule is COc1ccc(-n2nc(-c3ccccc3)cc2C(=O)NCc2ccc3c(c2)OCO3)cc1. The maximum atomic E-state index is 13.2. The molecule has 160 valence electrons. The van der Waals surface area contributed by atoms with Gasteiger partial charge in [0.1, 0.15) is 11.4 Å². The Morgan fingerprint density at radius 3 is 2.56 bits per heavy atom. The maximum absolute atomic E-state index is 13.2. The zero-order valence-corrected chi connectivity index (χ0v) is 17.4. The van der Waals surface area contributed by atoms with E-state index in [-0.39, 0.29) is 12.7 Å². The molecule has 3 aromatic carbocycles. The summed E-state index contributed by atoms with van der Waals surface area (Å²) in [5, 5.41) is 7.69. The molecule has 7 nitrogen and oxygen atoms in total. The summed E-state index contributed by atoms with van der Waals surface area (Å²) in [4.78, 5) is 13.2. The summed E-state index contributed by atoms with van der Waals surface area (Å²) in [6.07, 6.45) is 0. The van der Waals surface area contributed by atoms with E-state index in [1.165, 1.54) is 0 Å². The van der Waals surface area contributed by atoms with Crippen molar-refractivity contribution in [3.8, 4) is 34.2 Å². The van der Waals surface area contributed by atoms with Gasteiger partial charge in [0, 0.05) is 12.1 Å². The average molecular weight is 427 g/mol. The number of nitrogens with zero attached hydrogens (tertiary/aromatic N) is 2. The number of rotatable bonds is 6. The van der Waals surface area contributed by atoms with Crippen molar-refractivity contribution in [3.05, 3.63) is 90.1 Å². The van der Waals surface area contributed by atoms with Gasteiger partial charge in [0.05, 0.1) is 18.5 Å². The second-order valence-electron chi connectivity index (χ2n) is 7.26. The summed E-state index contributed by atoms with van der Waals surface area (Å²) in [5.41, 5.74) is 3.77. The number of hydrogen-bond acceptors (Lipinski definition) is 5. The molecule has 4 aromatic rings. The van der Waals surface area contributed by atoms with Crippen LogP contribution in [0.15, 0.2) is 78.9 Å². The summed E-state index contributed by atoms with van der Waals surface area (Å²) in [7, 11) is 1.62. The Morgan fingerprint density at radius 2 is 1.78 bits per heavy atom. The third-order valence-electron chi connectivity index (χ3n) is 5.22. The van der Waals surface area contributed by atoms with Crippen molar-refractivity contribution >= 4 is 5.91 Å². The Bertz CT molecular complexity index is 1250. The van der Waals surface area contributed by atoms with Gasteiger partial charge in [-0.3, -0.25) is 4.79 Å². The van der Waals surface area contributed by atoms with Gasteiger partial charge in [-0.15, -0.1) is 0 Å². The lowest BCUT2D eigenvalue weighted by atomic mass is 10.1. The fourth-order valence-corrected chi connectivity index (χ4v) is 3.54. The van der Waals surface area contributed by atoms with Gasteiger partial charge in [-0.2, -0.15) is 5.10 Å². The summed E-state index contributed by atoms with van der Waals surface area (Å²) < 4.78 is 17.7. The number of fused-ring (bicyclic) bond motifs is 1. The highest BCUT2D eigenvalue weighted by Crippen LogP contribution is 2.32. The van der Waals surface area contributed by atoms with E-state index in [4.69, 9.17) is 19.3 Å². The van der Waals surface area contributed by atoms with Gasteiger partial charge in [-0.05, 0) is 48.0 Å². The lowest BCUT2D eigenvalue weighted by molar-refractivity contribution is 0.0943. The van der Waals surface area contributed by atoms with Crippen LogP contribution in [0.3, 0.4) is 0 Å². The van der Waals surface area contributed by atoms with Crippen LogP contribution in [0, 0.1) is 0 Å². The van der Waals surface area contributed by atoms with Gasteiger partial charge in [-0.25, -0.2) is 4.68 Å². The highest BCUT2D eigenvalue weighted by molar-refractivity contribution is 5.94. The van der Waals surface area contributed by atoms with Crippen molar-refractivity contribution in [1.29, 1.82) is 0 Å². The van der Waals surface area contributed by atoms with E-state index in [0.29, 0.717) is 23.7 Å². The maximum Gasteiger partial charge on any atom is 0.270 e. The summed E-state index contributed by atoms with van der Waals surface area (Å²) in [6.45, 7) is 0.568. The molecule has 1 aromatic heterocycles. The average Bonchev–Trinajstić information content (AvgIpc) is 3.50. The van der Waals surface area contributed by atoms with Crippen LogP contribution in [0.5, 0.6) is 17.2 Å². The number of nitrogens with one attached hydrogen (secondary N) is 1. The van der Waals surface area contributed by atoms with Crippen molar-refractivity contribution in [2.24, 2.45) is 0 Å². The molecule has 1 aliphatic rings. The molecule has 0 bridgehead atoms. The van der Waals surface area contributed by atoms with Crippen LogP contribution >= 0.6 is 0 Å². The van der Waals surface area contributed by atoms with E-state index in [2.05, 4.69) is 5.32 Å². The third kappa shape index (κ3) is 3.88. The zero-order chi connectivity index (χ0) is 21.9. The highest BCUT2D eigenvalue weighted by Gasteiger charge is 2.19. The number of amides is 1. The molecule has 0 spiro atoms. The standard InChI is InChI=1S/C25H21N3O4/c1-30-20-10-8-19(9-11-20)28-22(14-21(27-28)18-5-3-2-4-6-18)25(29)26-15-17-7-12-23-24(13-17)32-16-31-23/h2-14H,15-16H2,1H3,(H,26,29). The lowest BCUT2D eigenvalue weighted by Gasteiger charge is -2.09. The summed E-state index contributed by atoms with van der Waals surface area (Å²) in [5.74, 6) is 1.91. The molecule has 0 unspecified atom stereocenters. The summed E-state index contributed by atoms with van der Waals surface area (Å²) >= 11 is 0. The second kappa shape index (κ2) is 8.47. The molecule has 0 atom stereocenters. The molecular formula is C25H21N3O4. The minimum atomic E-state index is -0.229. The Morgan fingerprint density at radius 1 is 1.00 bits per heavy atom. The van der Waals surface area contributed by atoms with Gasteiger partial charge in [0.15, 0.2) is 11.5 Å². The van der Waals surface area contributed by atoms with Crippen LogP contribution in [0.4, 0.5) is 0 Å². The number of methoxy groups -OCH3 is 1. The molecule has 0 fully saturated rings. The first-order chi connectivity index (χ1) is 15.7. The smallest absolute Gasteiger partial charge is 0.270 e. The highest BCUT2D eigenvalue weighted by atomic mass is 16.7. The normalized spacial score (nSPS) is 11.9. The van der Waals surface area contributed by atoms with Crippen molar-refractivity contribution in [2.45, 2.75) is 6.54 Å². The van der Waals surface area contributed by atoms with Gasteiger partial charge in [-0.1, -0.05) is 36.4 Å². The fraction of sp³-hybridized carbons (Fsp3) is 0.120. The minimum absolute atomic E-state index is 0.217. The van der Waals surface area contributed by atoms with Gasteiger partial charge >= 0.3 is 0 Å². The first-order valence-electron chi connectivity index (χ1n) is 10.2. The van der Waals surface area contributed by atoms with E-state index in [1.807, 2.05) is 72.8 Å². The molecule has 0 aliphatic carbocycles. The molecular weight excluding hydrogens is 406 g/mol. The molecule has 2 heterocycles. The van der Waals surface area contributed by atoms with E-state index in [1.54, 1.807) is 17.9 Å². The molecule has 0 saturated heterocycles. The molecule has 0 saturated carbocycles. The third-order valence-corrected chi connectivity index (χ3v) is 5.22. The fourth-order valence-electron chi connectivity index (χ4n) is 3.54. The first kappa shape index (κ1) is 19.7. The quantitative estimate of drug-likeness (QED) is 0.499. The second-order valence-corrected chi connectivity index (χ2v) is 7.26. The van der Waals surface area contributed by atoms with Crippen LogP contribution in [0.2, 0.25) is 0 Å². The lowest BCUT2D eigenvalue weighted by Crippen LogP contribution is -2.25. The minimum Gasteiger partial charge on any atom is -0.497 e. The molecule has 1 aliphatic heterocycles. The Labute approximate surface area is 185 Å². The molecule has 0 radical (unpaired) electrons. The Balaban J connectivity index is 1.44. The number of aromatic nitrogens is 2. The monoisotopic (exact) mass is 427 g/mol. The molecule has 5 rings (SSSR count). The number of carbonyl (C=O) groups is 1. The van der Waals surface area contributed by atoms with Crippen LogP contribution in [0.25, 0.3) is 16.9 Å². The summed E-state index contributed by atoms with van der Waals surface area (Å²) in [6, 6.07) is 24.6. The van der Waals surface area contributed by atoms with Gasteiger partial charge in [0.2, 0.25) is 6.79 Å². The van der Waals surface area contributed by atoms with Crippen molar-refractivity contribution in [1.82, 2.24) is 15.1 Å². The van der Waals surface area contributed by atoms with E-state index in [9.17, 15) is 4.79 Å². The van der Waals surface area contributed by atoms with Crippen molar-refractivity contribution in [3.63, 3.8) is 0 Å². The Hall–Kier alpha value is -4.26. The van der Waals surface area contributed by atoms with E-state index >= 15 is 0 Å². The van der Waals surface area contributed by atoms with Gasteiger partial charge in [0.25, 0.3) is 5.91 Å². The topological polar surface area (TPSA) is 74.6 Å². The van der Waals surface area contributed by atoms with Crippen LogP contribution in [-0.4, -0.2) is 29.6 Å². The largest absolute Gasteiger partial charge is 0.497 e. The van der Waals surface area contributed by atoms with Crippen LogP contribution in [0.1, 0.15) is 16.1 Å². The van der Waals surface area contributed by atoms with Crippen molar-refractivity contribution < 1.29 is 19.0 Å².